The molecule has 4 bridgehead atoms. The van der Waals surface area contributed by atoms with Gasteiger partial charge in [0.05, 0.1) is 24.5 Å². The fourth-order valence-electron chi connectivity index (χ4n) is 8.82. The Morgan fingerprint density at radius 3 is 2.23 bits per heavy atom. The molecule has 2 aromatic rings. The Labute approximate surface area is 254 Å². The molecule has 2 heterocycles. The lowest BCUT2D eigenvalue weighted by atomic mass is 9.47. The van der Waals surface area contributed by atoms with Gasteiger partial charge in [-0.15, -0.1) is 0 Å². The van der Waals surface area contributed by atoms with E-state index in [1.165, 1.54) is 5.69 Å². The molecule has 2 aliphatic heterocycles. The van der Waals surface area contributed by atoms with E-state index in [4.69, 9.17) is 15.3 Å². The number of hydroxylamine groups is 1. The first kappa shape index (κ1) is 28.3. The van der Waals surface area contributed by atoms with Gasteiger partial charge in [0, 0.05) is 69.2 Å². The van der Waals surface area contributed by atoms with Gasteiger partial charge >= 0.3 is 6.09 Å². The Morgan fingerprint density at radius 2 is 1.56 bits per heavy atom. The van der Waals surface area contributed by atoms with Crippen LogP contribution in [0.2, 0.25) is 0 Å². The van der Waals surface area contributed by atoms with Crippen molar-refractivity contribution in [1.29, 1.82) is 0 Å². The molecular formula is C33H44N6O4. The van der Waals surface area contributed by atoms with Crippen LogP contribution in [0.3, 0.4) is 0 Å². The van der Waals surface area contributed by atoms with Crippen LogP contribution in [0.15, 0.2) is 48.5 Å². The first-order valence-corrected chi connectivity index (χ1v) is 15.9. The molecule has 4 saturated carbocycles. The maximum absolute atomic E-state index is 13.2. The Balaban J connectivity index is 0.988. The largest absolute Gasteiger partial charge is 0.431 e. The number of nitrogens with zero attached hydrogens (tertiary/aromatic N) is 4. The molecule has 10 heteroatoms. The lowest BCUT2D eigenvalue weighted by Crippen LogP contribution is -2.62. The Morgan fingerprint density at radius 1 is 0.884 bits per heavy atom. The number of hydrogen-bond acceptors (Lipinski definition) is 8. The van der Waals surface area contributed by atoms with Crippen molar-refractivity contribution in [2.45, 2.75) is 38.1 Å². The Kier molecular flexibility index (Phi) is 7.59. The highest BCUT2D eigenvalue weighted by molar-refractivity contribution is 5.82. The number of methoxy groups -OCH3 is 1. The molecule has 0 spiro atoms. The lowest BCUT2D eigenvalue weighted by molar-refractivity contribution is -0.145. The van der Waals surface area contributed by atoms with E-state index < -0.39 is 6.09 Å². The van der Waals surface area contributed by atoms with Crippen LogP contribution in [0.1, 0.15) is 32.1 Å². The summed E-state index contributed by atoms with van der Waals surface area (Å²) in [7, 11) is 1.76. The number of hydrogen-bond donors (Lipinski definition) is 2. The molecule has 230 valence electrons. The fraction of sp³-hybridized carbons (Fsp3) is 0.576. The van der Waals surface area contributed by atoms with Crippen LogP contribution in [0, 0.1) is 23.2 Å². The SMILES string of the molecule is COCCN1CCN(c2ccc(N3CCN(OC(=O)NC4[C@@H]5CC6C[C@H]4CC(C(N)=O)(C6)C5)c4ccccc43)cc2)CC1. The predicted octanol–water partition coefficient (Wildman–Crippen LogP) is 3.73. The summed E-state index contributed by atoms with van der Waals surface area (Å²) in [5.41, 5.74) is 9.73. The summed E-state index contributed by atoms with van der Waals surface area (Å²) in [6, 6.07) is 16.9. The summed E-state index contributed by atoms with van der Waals surface area (Å²) in [5.74, 6) is 0.967. The van der Waals surface area contributed by atoms with Crippen LogP contribution in [-0.4, -0.2) is 82.5 Å². The van der Waals surface area contributed by atoms with Crippen molar-refractivity contribution in [1.82, 2.24) is 10.2 Å². The van der Waals surface area contributed by atoms with Crippen LogP contribution < -0.4 is 25.9 Å². The van der Waals surface area contributed by atoms with E-state index in [9.17, 15) is 9.59 Å². The van der Waals surface area contributed by atoms with E-state index in [2.05, 4.69) is 50.3 Å². The van der Waals surface area contributed by atoms with Crippen molar-refractivity contribution in [2.24, 2.45) is 28.9 Å². The number of anilines is 4. The number of carbonyl (C=O) groups is 2. The van der Waals surface area contributed by atoms with E-state index in [1.807, 2.05) is 18.2 Å². The quantitative estimate of drug-likeness (QED) is 0.481. The second-order valence-electron chi connectivity index (χ2n) is 13.2. The average molecular weight is 589 g/mol. The summed E-state index contributed by atoms with van der Waals surface area (Å²) in [5, 5.41) is 4.93. The number of nitrogens with one attached hydrogen (secondary N) is 1. The van der Waals surface area contributed by atoms with Crippen molar-refractivity contribution < 1.29 is 19.2 Å². The number of primary amides is 1. The second-order valence-corrected chi connectivity index (χ2v) is 13.2. The number of benzene rings is 2. The number of para-hydroxylation sites is 2. The highest BCUT2D eigenvalue weighted by Crippen LogP contribution is 2.60. The van der Waals surface area contributed by atoms with Gasteiger partial charge in [0.2, 0.25) is 5.91 Å². The van der Waals surface area contributed by atoms with Crippen molar-refractivity contribution in [2.75, 3.05) is 74.4 Å². The van der Waals surface area contributed by atoms with Gasteiger partial charge in [-0.1, -0.05) is 12.1 Å². The van der Waals surface area contributed by atoms with E-state index >= 15 is 0 Å². The Bertz CT molecular complexity index is 1310. The molecule has 3 unspecified atom stereocenters. The smallest absolute Gasteiger partial charge is 0.383 e. The minimum absolute atomic E-state index is 0.0416. The molecule has 10 nitrogen and oxygen atoms in total. The molecule has 8 rings (SSSR count). The maximum Gasteiger partial charge on any atom is 0.431 e. The van der Waals surface area contributed by atoms with E-state index in [-0.39, 0.29) is 29.2 Å². The molecule has 2 aromatic carbocycles. The first-order valence-electron chi connectivity index (χ1n) is 15.9. The van der Waals surface area contributed by atoms with Gasteiger partial charge in [-0.05, 0) is 86.3 Å². The van der Waals surface area contributed by atoms with Gasteiger partial charge < -0.3 is 30.4 Å². The number of amides is 2. The zero-order chi connectivity index (χ0) is 29.6. The highest BCUT2D eigenvalue weighted by atomic mass is 16.7. The molecular weight excluding hydrogens is 544 g/mol. The van der Waals surface area contributed by atoms with Crippen molar-refractivity contribution in [3.63, 3.8) is 0 Å². The van der Waals surface area contributed by atoms with Crippen molar-refractivity contribution >= 4 is 34.7 Å². The molecule has 2 amide bonds. The number of carbonyl (C=O) groups excluding carboxylic acids is 2. The summed E-state index contributed by atoms with van der Waals surface area (Å²) >= 11 is 0. The fourth-order valence-corrected chi connectivity index (χ4v) is 8.82. The molecule has 5 atom stereocenters. The van der Waals surface area contributed by atoms with E-state index in [0.717, 1.165) is 88.5 Å². The minimum Gasteiger partial charge on any atom is -0.383 e. The highest BCUT2D eigenvalue weighted by Gasteiger charge is 2.58. The zero-order valence-corrected chi connectivity index (χ0v) is 25.1. The number of rotatable bonds is 8. The van der Waals surface area contributed by atoms with Crippen LogP contribution in [-0.2, 0) is 14.4 Å². The van der Waals surface area contributed by atoms with Gasteiger partial charge in [0.25, 0.3) is 0 Å². The van der Waals surface area contributed by atoms with E-state index in [1.54, 1.807) is 12.2 Å². The predicted molar refractivity (Wildman–Crippen MR) is 166 cm³/mol. The summed E-state index contributed by atoms with van der Waals surface area (Å²) in [4.78, 5) is 38.7. The van der Waals surface area contributed by atoms with E-state index in [0.29, 0.717) is 19.0 Å². The third kappa shape index (κ3) is 5.40. The van der Waals surface area contributed by atoms with Crippen LogP contribution >= 0.6 is 0 Å². The van der Waals surface area contributed by atoms with Crippen molar-refractivity contribution in [3.8, 4) is 0 Å². The number of nitrogens with two attached hydrogens (primary N) is 1. The van der Waals surface area contributed by atoms with Crippen molar-refractivity contribution in [3.05, 3.63) is 48.5 Å². The molecule has 4 aliphatic carbocycles. The Hall–Kier alpha value is -3.50. The van der Waals surface area contributed by atoms with Crippen LogP contribution in [0.4, 0.5) is 27.5 Å². The molecule has 0 aromatic heterocycles. The number of fused-ring (bicyclic) bond motifs is 1. The summed E-state index contributed by atoms with van der Waals surface area (Å²) in [6.07, 6.45) is 4.18. The van der Waals surface area contributed by atoms with Crippen LogP contribution in [0.25, 0.3) is 0 Å². The van der Waals surface area contributed by atoms with Gasteiger partial charge in [-0.2, -0.15) is 0 Å². The standard InChI is InChI=1S/C33H44N6O4/c1-42-17-16-36-10-12-37(13-11-36)26-6-8-27(9-7-26)38-14-15-39(29-5-3-2-4-28(29)38)43-32(41)35-30-24-18-23-19-25(30)22-33(20-23,21-24)31(34)40/h2-9,23-25,30H,10-22H2,1H3,(H2,34,40)(H,35,41)/t23?,24-,25+,30?,33?. The monoisotopic (exact) mass is 588 g/mol. The van der Waals surface area contributed by atoms with Gasteiger partial charge in [0.1, 0.15) is 0 Å². The molecule has 6 aliphatic rings. The average Bonchev–Trinajstić information content (AvgIpc) is 3.02. The lowest BCUT2D eigenvalue weighted by Gasteiger charge is -2.58. The second kappa shape index (κ2) is 11.5. The molecule has 1 saturated heterocycles. The molecule has 43 heavy (non-hydrogen) atoms. The van der Waals surface area contributed by atoms with Gasteiger partial charge in [0.15, 0.2) is 0 Å². The normalized spacial score (nSPS) is 29.8. The third-order valence-corrected chi connectivity index (χ3v) is 10.8. The summed E-state index contributed by atoms with van der Waals surface area (Å²) in [6.45, 7) is 7.13. The molecule has 0 radical (unpaired) electrons. The molecule has 3 N–H and O–H groups in total. The number of piperazine rings is 1. The third-order valence-electron chi connectivity index (χ3n) is 10.8. The zero-order valence-electron chi connectivity index (χ0n) is 25.1. The first-order chi connectivity index (χ1) is 20.9. The maximum atomic E-state index is 13.2. The summed E-state index contributed by atoms with van der Waals surface area (Å²) < 4.78 is 5.23. The van der Waals surface area contributed by atoms with Crippen LogP contribution in [0.5, 0.6) is 0 Å². The number of ether oxygens (including phenoxy) is 1. The molecule has 5 fully saturated rings. The minimum atomic E-state index is -0.416. The van der Waals surface area contributed by atoms with Gasteiger partial charge in [-0.25, -0.2) is 9.86 Å². The topological polar surface area (TPSA) is 104 Å². The van der Waals surface area contributed by atoms with Gasteiger partial charge in [-0.3, -0.25) is 9.69 Å².